The number of likely N-dealkylation sites (N-methyl/N-ethyl adjacent to an activating group) is 1. The molecule has 0 aromatic heterocycles. The number of hydrogen-bond acceptors (Lipinski definition) is 5. The van der Waals surface area contributed by atoms with Gasteiger partial charge in [0.1, 0.15) is 6.10 Å². The molecule has 13 heteroatoms. The summed E-state index contributed by atoms with van der Waals surface area (Å²) in [5.41, 5.74) is -0.443. The van der Waals surface area contributed by atoms with Gasteiger partial charge in [-0.1, -0.05) is 13.0 Å². The van der Waals surface area contributed by atoms with Gasteiger partial charge >= 0.3 is 18.2 Å². The number of anilines is 2. The van der Waals surface area contributed by atoms with Crippen molar-refractivity contribution >= 4 is 29.3 Å². The van der Waals surface area contributed by atoms with Crippen LogP contribution in [0, 0.1) is 5.92 Å². The molecule has 4 N–H and O–H groups in total. The first-order chi connectivity index (χ1) is 19.2. The van der Waals surface area contributed by atoms with Crippen LogP contribution in [-0.4, -0.2) is 77.8 Å². The van der Waals surface area contributed by atoms with E-state index < -0.39 is 35.8 Å². The summed E-state index contributed by atoms with van der Waals surface area (Å²) in [6.45, 7) is 7.38. The Labute approximate surface area is 236 Å². The number of aliphatic hydroxyl groups is 1. The van der Waals surface area contributed by atoms with Gasteiger partial charge in [0.15, 0.2) is 5.75 Å². The minimum absolute atomic E-state index is 0.0735. The molecule has 3 atom stereocenters. The molecule has 0 fully saturated rings. The summed E-state index contributed by atoms with van der Waals surface area (Å²) in [4.78, 5) is 42.0. The lowest BCUT2D eigenvalue weighted by Crippen LogP contribution is -2.51. The van der Waals surface area contributed by atoms with Gasteiger partial charge in [-0.05, 0) is 57.2 Å². The zero-order valence-electron chi connectivity index (χ0n) is 23.6. The van der Waals surface area contributed by atoms with E-state index in [0.717, 1.165) is 24.3 Å². The Hall–Kier alpha value is -4.00. The van der Waals surface area contributed by atoms with Crippen molar-refractivity contribution in [2.24, 2.45) is 5.92 Å². The van der Waals surface area contributed by atoms with Crippen molar-refractivity contribution in [1.82, 2.24) is 15.1 Å². The van der Waals surface area contributed by atoms with Crippen molar-refractivity contribution in [3.05, 3.63) is 53.6 Å². The van der Waals surface area contributed by atoms with Gasteiger partial charge < -0.3 is 35.6 Å². The SMILES string of the molecule is CC(C)NC(=O)N(C)C[C@H]1Oc2c(NC(=O)Nc3ccc(C(F)(F)F)cc3)cccc2C(=O)N([C@@H](C)CO)C[C@@H]1C. The molecule has 1 aliphatic rings. The molecule has 41 heavy (non-hydrogen) atoms. The molecule has 0 bridgehead atoms. The minimum atomic E-state index is -4.51. The van der Waals surface area contributed by atoms with Gasteiger partial charge in [0.05, 0.1) is 36.0 Å². The Morgan fingerprint density at radius 2 is 1.78 bits per heavy atom. The third-order valence-electron chi connectivity index (χ3n) is 6.62. The van der Waals surface area contributed by atoms with Crippen LogP contribution >= 0.6 is 0 Å². The lowest BCUT2D eigenvalue weighted by atomic mass is 9.99. The molecular weight excluding hydrogens is 543 g/mol. The fourth-order valence-corrected chi connectivity index (χ4v) is 4.30. The summed E-state index contributed by atoms with van der Waals surface area (Å²) in [7, 11) is 1.62. The summed E-state index contributed by atoms with van der Waals surface area (Å²) in [6, 6.07) is 6.90. The van der Waals surface area contributed by atoms with Crippen molar-refractivity contribution in [2.45, 2.75) is 52.1 Å². The van der Waals surface area contributed by atoms with Gasteiger partial charge in [-0.2, -0.15) is 13.2 Å². The van der Waals surface area contributed by atoms with Crippen LogP contribution in [0.4, 0.5) is 34.1 Å². The van der Waals surface area contributed by atoms with Gasteiger partial charge in [-0.25, -0.2) is 9.59 Å². The molecule has 1 aliphatic heterocycles. The first-order valence-corrected chi connectivity index (χ1v) is 13.2. The topological polar surface area (TPSA) is 123 Å². The maximum atomic E-state index is 13.6. The molecule has 5 amide bonds. The number of aliphatic hydroxyl groups excluding tert-OH is 1. The van der Waals surface area contributed by atoms with E-state index in [1.807, 2.05) is 20.8 Å². The van der Waals surface area contributed by atoms with Crippen molar-refractivity contribution in [3.8, 4) is 5.75 Å². The predicted molar refractivity (Wildman–Crippen MR) is 148 cm³/mol. The number of fused-ring (bicyclic) bond motifs is 1. The number of nitrogens with zero attached hydrogens (tertiary/aromatic N) is 2. The minimum Gasteiger partial charge on any atom is -0.485 e. The van der Waals surface area contributed by atoms with E-state index in [0.29, 0.717) is 0 Å². The molecule has 2 aromatic rings. The summed E-state index contributed by atoms with van der Waals surface area (Å²) in [5, 5.41) is 17.7. The number of urea groups is 2. The van der Waals surface area contributed by atoms with Gasteiger partial charge in [-0.15, -0.1) is 0 Å². The molecule has 3 rings (SSSR count). The second-order valence-corrected chi connectivity index (χ2v) is 10.4. The smallest absolute Gasteiger partial charge is 0.416 e. The Balaban J connectivity index is 1.92. The van der Waals surface area contributed by atoms with Crippen LogP contribution in [0.1, 0.15) is 43.6 Å². The van der Waals surface area contributed by atoms with Crippen LogP contribution in [-0.2, 0) is 6.18 Å². The second kappa shape index (κ2) is 13.1. The van der Waals surface area contributed by atoms with Crippen molar-refractivity contribution in [3.63, 3.8) is 0 Å². The van der Waals surface area contributed by atoms with E-state index in [2.05, 4.69) is 16.0 Å². The largest absolute Gasteiger partial charge is 0.485 e. The third kappa shape index (κ3) is 8.03. The fourth-order valence-electron chi connectivity index (χ4n) is 4.30. The molecule has 10 nitrogen and oxygen atoms in total. The van der Waals surface area contributed by atoms with E-state index >= 15 is 0 Å². The number of hydrogen-bond donors (Lipinski definition) is 4. The molecule has 0 unspecified atom stereocenters. The summed E-state index contributed by atoms with van der Waals surface area (Å²) in [5.74, 6) is -0.626. The normalized spacial score (nSPS) is 18.0. The van der Waals surface area contributed by atoms with Crippen LogP contribution in [0.5, 0.6) is 5.75 Å². The standard InChI is InChI=1S/C28H36F3N5O5/c1-16(2)32-27(40)35(5)14-23-17(3)13-36(18(4)15-37)25(38)21-7-6-8-22(24(21)41-23)34-26(39)33-20-11-9-19(10-12-20)28(29,30)31/h6-12,16-18,23,37H,13-15H2,1-5H3,(H,32,40)(H2,33,34,39)/t17-,18-,23+/m0/s1. The van der Waals surface area contributed by atoms with Crippen molar-refractivity contribution < 1.29 is 37.4 Å². The van der Waals surface area contributed by atoms with Crippen molar-refractivity contribution in [1.29, 1.82) is 0 Å². The number of carbonyl (C=O) groups excluding carboxylic acids is 3. The number of ether oxygens (including phenoxy) is 1. The third-order valence-corrected chi connectivity index (χ3v) is 6.62. The number of benzene rings is 2. The number of amides is 5. The van der Waals surface area contributed by atoms with Crippen molar-refractivity contribution in [2.75, 3.05) is 37.4 Å². The van der Waals surface area contributed by atoms with Gasteiger partial charge in [0.2, 0.25) is 0 Å². The molecule has 0 aliphatic carbocycles. The maximum Gasteiger partial charge on any atom is 0.416 e. The Morgan fingerprint density at radius 1 is 1.12 bits per heavy atom. The predicted octanol–water partition coefficient (Wildman–Crippen LogP) is 4.62. The first-order valence-electron chi connectivity index (χ1n) is 13.2. The zero-order chi connectivity index (χ0) is 30.5. The van der Waals surface area contributed by atoms with Crippen LogP contribution in [0.3, 0.4) is 0 Å². The Bertz CT molecular complexity index is 1240. The molecule has 0 radical (unpaired) electrons. The average Bonchev–Trinajstić information content (AvgIpc) is 2.89. The highest BCUT2D eigenvalue weighted by Gasteiger charge is 2.35. The Morgan fingerprint density at radius 3 is 2.37 bits per heavy atom. The maximum absolute atomic E-state index is 13.6. The first kappa shape index (κ1) is 31.5. The lowest BCUT2D eigenvalue weighted by Gasteiger charge is -2.38. The van der Waals surface area contributed by atoms with Crippen LogP contribution in [0.25, 0.3) is 0 Å². The monoisotopic (exact) mass is 579 g/mol. The molecule has 0 saturated heterocycles. The summed E-state index contributed by atoms with van der Waals surface area (Å²) in [6.07, 6.45) is -5.12. The number of para-hydroxylation sites is 1. The number of rotatable bonds is 7. The highest BCUT2D eigenvalue weighted by Crippen LogP contribution is 2.35. The second-order valence-electron chi connectivity index (χ2n) is 10.4. The summed E-state index contributed by atoms with van der Waals surface area (Å²) >= 11 is 0. The number of carbonyl (C=O) groups is 3. The highest BCUT2D eigenvalue weighted by molar-refractivity contribution is 6.04. The number of alkyl halides is 3. The molecule has 0 saturated carbocycles. The van der Waals surface area contributed by atoms with Gasteiger partial charge in [0, 0.05) is 31.2 Å². The Kier molecular flexibility index (Phi) is 10.1. The average molecular weight is 580 g/mol. The van der Waals surface area contributed by atoms with E-state index in [9.17, 15) is 32.7 Å². The van der Waals surface area contributed by atoms with E-state index in [1.54, 1.807) is 20.0 Å². The zero-order valence-corrected chi connectivity index (χ0v) is 23.6. The highest BCUT2D eigenvalue weighted by atomic mass is 19.4. The fraction of sp³-hybridized carbons (Fsp3) is 0.464. The summed E-state index contributed by atoms with van der Waals surface area (Å²) < 4.78 is 45.0. The van der Waals surface area contributed by atoms with E-state index in [1.165, 1.54) is 21.9 Å². The van der Waals surface area contributed by atoms with Gasteiger partial charge in [0.25, 0.3) is 5.91 Å². The molecule has 0 spiro atoms. The van der Waals surface area contributed by atoms with Crippen LogP contribution in [0.15, 0.2) is 42.5 Å². The quantitative estimate of drug-likeness (QED) is 0.381. The van der Waals surface area contributed by atoms with Crippen LogP contribution < -0.4 is 20.7 Å². The number of halogens is 3. The van der Waals surface area contributed by atoms with Gasteiger partial charge in [-0.3, -0.25) is 4.79 Å². The van der Waals surface area contributed by atoms with Crippen LogP contribution in [0.2, 0.25) is 0 Å². The molecular formula is C28H36F3N5O5. The van der Waals surface area contributed by atoms with E-state index in [4.69, 9.17) is 4.74 Å². The molecule has 2 aromatic carbocycles. The number of nitrogens with one attached hydrogen (secondary N) is 3. The molecule has 224 valence electrons. The lowest BCUT2D eigenvalue weighted by molar-refractivity contribution is -0.137. The molecule has 1 heterocycles. The van der Waals surface area contributed by atoms with E-state index in [-0.39, 0.29) is 60.4 Å².